The zero-order valence-electron chi connectivity index (χ0n) is 11.6. The quantitative estimate of drug-likeness (QED) is 0.638. The summed E-state index contributed by atoms with van der Waals surface area (Å²) in [5.74, 6) is 0.646. The van der Waals surface area contributed by atoms with Crippen LogP contribution in [0.5, 0.6) is 5.75 Å². The fourth-order valence-corrected chi connectivity index (χ4v) is 3.08. The molecule has 1 heterocycles. The maximum Gasteiger partial charge on any atom is 0.187 e. The number of benzene rings is 2. The minimum atomic E-state index is 0.557. The molecule has 0 fully saturated rings. The van der Waals surface area contributed by atoms with Gasteiger partial charge < -0.3 is 10.1 Å². The van der Waals surface area contributed by atoms with Crippen molar-refractivity contribution in [1.29, 1.82) is 0 Å². The number of nitrogens with zero attached hydrogens (tertiary/aromatic N) is 1. The SMILES string of the molecule is COc1ccc(Nc2nc(-c3ccc(Cl)cc3)cs2)cc1Cl. The minimum Gasteiger partial charge on any atom is -0.495 e. The Morgan fingerprint density at radius 1 is 1.09 bits per heavy atom. The predicted octanol–water partition coefficient (Wildman–Crippen LogP) is 5.87. The molecule has 0 saturated carbocycles. The summed E-state index contributed by atoms with van der Waals surface area (Å²) in [6.07, 6.45) is 0. The highest BCUT2D eigenvalue weighted by molar-refractivity contribution is 7.14. The monoisotopic (exact) mass is 350 g/mol. The Hall–Kier alpha value is -1.75. The molecule has 0 radical (unpaired) electrons. The Bertz CT molecular complexity index is 787. The third kappa shape index (κ3) is 3.35. The topological polar surface area (TPSA) is 34.1 Å². The first-order valence-electron chi connectivity index (χ1n) is 6.48. The Kier molecular flexibility index (Phi) is 4.52. The number of aromatic nitrogens is 1. The van der Waals surface area contributed by atoms with Gasteiger partial charge in [0.1, 0.15) is 5.75 Å². The van der Waals surface area contributed by atoms with Gasteiger partial charge in [-0.2, -0.15) is 0 Å². The molecule has 1 N–H and O–H groups in total. The van der Waals surface area contributed by atoms with E-state index in [1.165, 1.54) is 11.3 Å². The molecule has 0 aliphatic carbocycles. The lowest BCUT2D eigenvalue weighted by molar-refractivity contribution is 0.415. The van der Waals surface area contributed by atoms with Crippen molar-refractivity contribution in [3.63, 3.8) is 0 Å². The van der Waals surface area contributed by atoms with Crippen LogP contribution in [0.25, 0.3) is 11.3 Å². The number of thiazole rings is 1. The van der Waals surface area contributed by atoms with Gasteiger partial charge in [0.15, 0.2) is 5.13 Å². The lowest BCUT2D eigenvalue weighted by atomic mass is 10.2. The normalized spacial score (nSPS) is 10.5. The van der Waals surface area contributed by atoms with Crippen LogP contribution in [-0.4, -0.2) is 12.1 Å². The van der Waals surface area contributed by atoms with E-state index in [0.29, 0.717) is 15.8 Å². The van der Waals surface area contributed by atoms with Gasteiger partial charge in [0.05, 0.1) is 17.8 Å². The second-order valence-electron chi connectivity index (χ2n) is 4.52. The highest BCUT2D eigenvalue weighted by Gasteiger charge is 2.07. The molecule has 3 nitrogen and oxygen atoms in total. The van der Waals surface area contributed by atoms with E-state index in [2.05, 4.69) is 10.3 Å². The average Bonchev–Trinajstić information content (AvgIpc) is 2.97. The molecule has 2 aromatic carbocycles. The number of methoxy groups -OCH3 is 1. The van der Waals surface area contributed by atoms with E-state index in [4.69, 9.17) is 27.9 Å². The van der Waals surface area contributed by atoms with E-state index >= 15 is 0 Å². The Morgan fingerprint density at radius 2 is 1.86 bits per heavy atom. The number of rotatable bonds is 4. The summed E-state index contributed by atoms with van der Waals surface area (Å²) < 4.78 is 5.14. The fraction of sp³-hybridized carbons (Fsp3) is 0.0625. The molecule has 1 aromatic heterocycles. The summed E-state index contributed by atoms with van der Waals surface area (Å²) in [4.78, 5) is 4.57. The van der Waals surface area contributed by atoms with Crippen LogP contribution in [0.1, 0.15) is 0 Å². The van der Waals surface area contributed by atoms with E-state index in [1.54, 1.807) is 7.11 Å². The summed E-state index contributed by atoms with van der Waals surface area (Å²) in [6.45, 7) is 0. The molecule has 3 aromatic rings. The minimum absolute atomic E-state index is 0.557. The van der Waals surface area contributed by atoms with Crippen LogP contribution in [0, 0.1) is 0 Å². The molecule has 0 bridgehead atoms. The molecule has 0 atom stereocenters. The zero-order valence-corrected chi connectivity index (χ0v) is 14.0. The summed E-state index contributed by atoms with van der Waals surface area (Å²) in [5, 5.41) is 7.30. The maximum absolute atomic E-state index is 6.12. The summed E-state index contributed by atoms with van der Waals surface area (Å²) >= 11 is 13.5. The molecule has 3 rings (SSSR count). The summed E-state index contributed by atoms with van der Waals surface area (Å²) in [5.41, 5.74) is 2.80. The molecule has 0 aliphatic heterocycles. The van der Waals surface area contributed by atoms with Crippen LogP contribution in [0.4, 0.5) is 10.8 Å². The largest absolute Gasteiger partial charge is 0.495 e. The lowest BCUT2D eigenvalue weighted by Crippen LogP contribution is -1.91. The van der Waals surface area contributed by atoms with Gasteiger partial charge in [-0.15, -0.1) is 11.3 Å². The Balaban J connectivity index is 1.79. The van der Waals surface area contributed by atoms with Gasteiger partial charge in [-0.3, -0.25) is 0 Å². The molecule has 0 amide bonds. The maximum atomic E-state index is 6.12. The van der Waals surface area contributed by atoms with Gasteiger partial charge in [0.2, 0.25) is 0 Å². The van der Waals surface area contributed by atoms with Crippen LogP contribution >= 0.6 is 34.5 Å². The van der Waals surface area contributed by atoms with Gasteiger partial charge in [-0.05, 0) is 30.3 Å². The molecule has 0 aliphatic rings. The first-order valence-corrected chi connectivity index (χ1v) is 8.11. The van der Waals surface area contributed by atoms with E-state index in [1.807, 2.05) is 47.8 Å². The Labute approximate surface area is 142 Å². The fourth-order valence-electron chi connectivity index (χ4n) is 1.95. The molecule has 0 spiro atoms. The van der Waals surface area contributed by atoms with Crippen LogP contribution < -0.4 is 10.1 Å². The van der Waals surface area contributed by atoms with Crippen molar-refractivity contribution in [2.24, 2.45) is 0 Å². The standard InChI is InChI=1S/C16H12Cl2N2OS/c1-21-15-7-6-12(8-13(15)18)19-16-20-14(9-22-16)10-2-4-11(17)5-3-10/h2-9H,1H3,(H,19,20). The van der Waals surface area contributed by atoms with Crippen molar-refractivity contribution in [2.45, 2.75) is 0 Å². The third-order valence-corrected chi connectivity index (χ3v) is 4.35. The van der Waals surface area contributed by atoms with E-state index < -0.39 is 0 Å². The van der Waals surface area contributed by atoms with E-state index in [9.17, 15) is 0 Å². The van der Waals surface area contributed by atoms with Crippen LogP contribution in [0.2, 0.25) is 10.0 Å². The molecule has 22 heavy (non-hydrogen) atoms. The van der Waals surface area contributed by atoms with Crippen LogP contribution in [0.3, 0.4) is 0 Å². The van der Waals surface area contributed by atoms with Crippen molar-refractivity contribution in [1.82, 2.24) is 4.98 Å². The second kappa shape index (κ2) is 6.57. The van der Waals surface area contributed by atoms with Crippen molar-refractivity contribution in [3.8, 4) is 17.0 Å². The second-order valence-corrected chi connectivity index (χ2v) is 6.22. The molecule has 0 unspecified atom stereocenters. The van der Waals surface area contributed by atoms with Crippen LogP contribution in [0.15, 0.2) is 47.8 Å². The summed E-state index contributed by atoms with van der Waals surface area (Å²) in [6, 6.07) is 13.1. The van der Waals surface area contributed by atoms with Gasteiger partial charge in [0, 0.05) is 21.7 Å². The van der Waals surface area contributed by atoms with E-state index in [-0.39, 0.29) is 0 Å². The van der Waals surface area contributed by atoms with Gasteiger partial charge >= 0.3 is 0 Å². The van der Waals surface area contributed by atoms with Crippen molar-refractivity contribution < 1.29 is 4.74 Å². The lowest BCUT2D eigenvalue weighted by Gasteiger charge is -2.06. The van der Waals surface area contributed by atoms with E-state index in [0.717, 1.165) is 22.1 Å². The van der Waals surface area contributed by atoms with Gasteiger partial charge in [-0.25, -0.2) is 4.98 Å². The first kappa shape index (κ1) is 15.2. The first-order chi connectivity index (χ1) is 10.7. The predicted molar refractivity (Wildman–Crippen MR) is 93.8 cm³/mol. The molecule has 0 saturated heterocycles. The number of hydrogen-bond acceptors (Lipinski definition) is 4. The number of ether oxygens (including phenoxy) is 1. The number of halogens is 2. The van der Waals surface area contributed by atoms with Crippen molar-refractivity contribution in [2.75, 3.05) is 12.4 Å². The highest BCUT2D eigenvalue weighted by atomic mass is 35.5. The molecule has 6 heteroatoms. The summed E-state index contributed by atoms with van der Waals surface area (Å²) in [7, 11) is 1.59. The molecule has 112 valence electrons. The van der Waals surface area contributed by atoms with Crippen LogP contribution in [-0.2, 0) is 0 Å². The smallest absolute Gasteiger partial charge is 0.187 e. The van der Waals surface area contributed by atoms with Crippen molar-refractivity contribution in [3.05, 3.63) is 57.9 Å². The van der Waals surface area contributed by atoms with Gasteiger partial charge in [-0.1, -0.05) is 35.3 Å². The van der Waals surface area contributed by atoms with Crippen molar-refractivity contribution >= 4 is 45.4 Å². The molecular formula is C16H12Cl2N2OS. The number of hydrogen-bond donors (Lipinski definition) is 1. The highest BCUT2D eigenvalue weighted by Crippen LogP contribution is 2.31. The van der Waals surface area contributed by atoms with Gasteiger partial charge in [0.25, 0.3) is 0 Å². The third-order valence-electron chi connectivity index (χ3n) is 3.05. The number of nitrogens with one attached hydrogen (secondary N) is 1. The zero-order chi connectivity index (χ0) is 15.5. The molecular weight excluding hydrogens is 339 g/mol. The Morgan fingerprint density at radius 3 is 2.55 bits per heavy atom. The average molecular weight is 351 g/mol. The number of anilines is 2.